The molecule has 0 aliphatic carbocycles. The largest absolute Gasteiger partial charge is 0.325 e. The second-order valence-electron chi connectivity index (χ2n) is 4.86. The highest BCUT2D eigenvalue weighted by atomic mass is 32.2. The van der Waals surface area contributed by atoms with Crippen LogP contribution in [0, 0.1) is 0 Å². The van der Waals surface area contributed by atoms with E-state index >= 15 is 0 Å². The molecule has 0 saturated heterocycles. The van der Waals surface area contributed by atoms with Crippen LogP contribution in [0.2, 0.25) is 0 Å². The molecule has 0 aliphatic rings. The molecule has 1 N–H and O–H groups in total. The van der Waals surface area contributed by atoms with E-state index in [1.807, 2.05) is 29.6 Å². The summed E-state index contributed by atoms with van der Waals surface area (Å²) in [7, 11) is 0. The lowest BCUT2D eigenvalue weighted by Crippen LogP contribution is -2.14. The number of nitrogens with zero attached hydrogens (tertiary/aromatic N) is 2. The van der Waals surface area contributed by atoms with Gasteiger partial charge in [-0.25, -0.2) is 4.98 Å². The van der Waals surface area contributed by atoms with Crippen LogP contribution in [-0.2, 0) is 11.2 Å². The van der Waals surface area contributed by atoms with Gasteiger partial charge in [0.05, 0.1) is 5.75 Å². The molecule has 23 heavy (non-hydrogen) atoms. The molecule has 3 aromatic rings. The number of carbonyl (C=O) groups excluding carboxylic acids is 2. The average molecular weight is 345 g/mol. The molecular formula is C16H15N3O2S2. The molecular weight excluding hydrogens is 330 g/mol. The van der Waals surface area contributed by atoms with Crippen LogP contribution in [0.1, 0.15) is 23.0 Å². The summed E-state index contributed by atoms with van der Waals surface area (Å²) in [4.78, 5) is 28.4. The van der Waals surface area contributed by atoms with E-state index in [0.29, 0.717) is 10.7 Å². The molecule has 0 radical (unpaired) electrons. The van der Waals surface area contributed by atoms with Crippen LogP contribution in [0.15, 0.2) is 40.9 Å². The minimum Gasteiger partial charge on any atom is -0.325 e. The number of hydrogen-bond donors (Lipinski definition) is 1. The molecule has 0 atom stereocenters. The number of amides is 1. The van der Waals surface area contributed by atoms with Gasteiger partial charge in [-0.3, -0.25) is 14.0 Å². The van der Waals surface area contributed by atoms with E-state index in [1.165, 1.54) is 28.7 Å². The highest BCUT2D eigenvalue weighted by Gasteiger charge is 2.14. The van der Waals surface area contributed by atoms with E-state index in [1.54, 1.807) is 10.6 Å². The number of hydrogen-bond acceptors (Lipinski definition) is 5. The third-order valence-corrected chi connectivity index (χ3v) is 5.10. The van der Waals surface area contributed by atoms with Crippen LogP contribution in [0.3, 0.4) is 0 Å². The van der Waals surface area contributed by atoms with Crippen molar-refractivity contribution >= 4 is 45.9 Å². The number of anilines is 1. The molecule has 0 saturated carbocycles. The van der Waals surface area contributed by atoms with E-state index in [0.717, 1.165) is 23.4 Å². The number of fused-ring (bicyclic) bond motifs is 1. The fourth-order valence-electron chi connectivity index (χ4n) is 2.15. The van der Waals surface area contributed by atoms with Crippen molar-refractivity contribution in [3.63, 3.8) is 0 Å². The highest BCUT2D eigenvalue weighted by molar-refractivity contribution is 8.00. The topological polar surface area (TPSA) is 63.5 Å². The minimum absolute atomic E-state index is 0.118. The summed E-state index contributed by atoms with van der Waals surface area (Å²) in [6, 6.07) is 7.78. The third-order valence-electron chi connectivity index (χ3n) is 3.36. The van der Waals surface area contributed by atoms with E-state index < -0.39 is 0 Å². The summed E-state index contributed by atoms with van der Waals surface area (Å²) < 4.78 is 1.74. The Kier molecular flexibility index (Phi) is 4.78. The second kappa shape index (κ2) is 6.97. The van der Waals surface area contributed by atoms with Crippen LogP contribution in [0.25, 0.3) is 4.96 Å². The van der Waals surface area contributed by atoms with Crippen molar-refractivity contribution < 1.29 is 9.59 Å². The Balaban J connectivity index is 1.63. The van der Waals surface area contributed by atoms with Gasteiger partial charge in [-0.05, 0) is 24.1 Å². The van der Waals surface area contributed by atoms with Gasteiger partial charge in [0.1, 0.15) is 10.7 Å². The Morgan fingerprint density at radius 2 is 2.17 bits per heavy atom. The molecule has 3 rings (SSSR count). The standard InChI is InChI=1S/C16H15N3O2S2/c1-2-11-3-5-12(6-4-11)17-14(21)10-23-15-13(9-20)19-7-8-22-16(19)18-15/h3-9H,2,10H2,1H3,(H,17,21). The zero-order chi connectivity index (χ0) is 16.2. The van der Waals surface area contributed by atoms with Crippen LogP contribution >= 0.6 is 23.1 Å². The molecule has 2 heterocycles. The van der Waals surface area contributed by atoms with Crippen molar-refractivity contribution in [3.05, 3.63) is 47.1 Å². The molecule has 0 aliphatic heterocycles. The maximum absolute atomic E-state index is 12.0. The Morgan fingerprint density at radius 3 is 2.87 bits per heavy atom. The van der Waals surface area contributed by atoms with Crippen molar-refractivity contribution in [2.45, 2.75) is 18.4 Å². The van der Waals surface area contributed by atoms with Gasteiger partial charge in [0, 0.05) is 17.3 Å². The third kappa shape index (κ3) is 3.46. The van der Waals surface area contributed by atoms with Crippen LogP contribution < -0.4 is 5.32 Å². The first kappa shape index (κ1) is 15.8. The maximum atomic E-state index is 12.0. The van der Waals surface area contributed by atoms with Crippen molar-refractivity contribution in [2.24, 2.45) is 0 Å². The van der Waals surface area contributed by atoms with Crippen LogP contribution in [-0.4, -0.2) is 27.3 Å². The van der Waals surface area contributed by atoms with Gasteiger partial charge in [-0.2, -0.15) is 0 Å². The number of benzene rings is 1. The van der Waals surface area contributed by atoms with Gasteiger partial charge >= 0.3 is 0 Å². The molecule has 1 amide bonds. The SMILES string of the molecule is CCc1ccc(NC(=O)CSc2nc3sccn3c2C=O)cc1. The lowest BCUT2D eigenvalue weighted by molar-refractivity contribution is -0.113. The second-order valence-corrected chi connectivity index (χ2v) is 6.70. The molecule has 0 bridgehead atoms. The number of imidazole rings is 1. The summed E-state index contributed by atoms with van der Waals surface area (Å²) in [5.41, 5.74) is 2.49. The Hall–Kier alpha value is -2.12. The molecule has 2 aromatic heterocycles. The zero-order valence-electron chi connectivity index (χ0n) is 12.5. The summed E-state index contributed by atoms with van der Waals surface area (Å²) in [6.07, 6.45) is 3.54. The number of aryl methyl sites for hydroxylation is 1. The van der Waals surface area contributed by atoms with E-state index in [9.17, 15) is 9.59 Å². The number of aldehydes is 1. The van der Waals surface area contributed by atoms with E-state index in [2.05, 4.69) is 17.2 Å². The van der Waals surface area contributed by atoms with Gasteiger partial charge in [-0.15, -0.1) is 11.3 Å². The number of aromatic nitrogens is 2. The van der Waals surface area contributed by atoms with Crippen LogP contribution in [0.5, 0.6) is 0 Å². The lowest BCUT2D eigenvalue weighted by atomic mass is 10.1. The highest BCUT2D eigenvalue weighted by Crippen LogP contribution is 2.25. The first-order valence-electron chi connectivity index (χ1n) is 7.13. The molecule has 5 nitrogen and oxygen atoms in total. The number of carbonyl (C=O) groups is 2. The first-order valence-corrected chi connectivity index (χ1v) is 9.00. The smallest absolute Gasteiger partial charge is 0.234 e. The fraction of sp³-hybridized carbons (Fsp3) is 0.188. The van der Waals surface area contributed by atoms with Crippen molar-refractivity contribution in [1.82, 2.24) is 9.38 Å². The summed E-state index contributed by atoms with van der Waals surface area (Å²) >= 11 is 2.73. The Morgan fingerprint density at radius 1 is 1.39 bits per heavy atom. The van der Waals surface area contributed by atoms with Crippen molar-refractivity contribution in [2.75, 3.05) is 11.1 Å². The predicted octanol–water partition coefficient (Wildman–Crippen LogP) is 3.50. The van der Waals surface area contributed by atoms with E-state index in [4.69, 9.17) is 0 Å². The van der Waals surface area contributed by atoms with Crippen LogP contribution in [0.4, 0.5) is 5.69 Å². The Bertz CT molecular complexity index is 837. The summed E-state index contributed by atoms with van der Waals surface area (Å²) in [6.45, 7) is 2.09. The zero-order valence-corrected chi connectivity index (χ0v) is 14.1. The van der Waals surface area contributed by atoms with Gasteiger partial charge in [-0.1, -0.05) is 30.8 Å². The van der Waals surface area contributed by atoms with E-state index in [-0.39, 0.29) is 11.7 Å². The van der Waals surface area contributed by atoms with Gasteiger partial charge < -0.3 is 5.32 Å². The quantitative estimate of drug-likeness (QED) is 0.548. The van der Waals surface area contributed by atoms with Gasteiger partial charge in [0.2, 0.25) is 5.91 Å². The first-order chi connectivity index (χ1) is 11.2. The Labute approximate surface area is 141 Å². The monoisotopic (exact) mass is 345 g/mol. The summed E-state index contributed by atoms with van der Waals surface area (Å²) in [5.74, 6) is 0.0914. The molecule has 0 spiro atoms. The molecule has 0 unspecified atom stereocenters. The lowest BCUT2D eigenvalue weighted by Gasteiger charge is -2.05. The molecule has 0 fully saturated rings. The molecule has 1 aromatic carbocycles. The number of rotatable bonds is 6. The number of nitrogens with one attached hydrogen (secondary N) is 1. The van der Waals surface area contributed by atoms with Gasteiger partial charge in [0.25, 0.3) is 0 Å². The normalized spacial score (nSPS) is 10.8. The predicted molar refractivity (Wildman–Crippen MR) is 93.6 cm³/mol. The fourth-order valence-corrected chi connectivity index (χ4v) is 3.72. The summed E-state index contributed by atoms with van der Waals surface area (Å²) in [5, 5.41) is 5.31. The van der Waals surface area contributed by atoms with Crippen molar-refractivity contribution in [3.8, 4) is 0 Å². The van der Waals surface area contributed by atoms with Crippen molar-refractivity contribution in [1.29, 1.82) is 0 Å². The molecule has 118 valence electrons. The maximum Gasteiger partial charge on any atom is 0.234 e. The number of thiazole rings is 1. The number of thioether (sulfide) groups is 1. The van der Waals surface area contributed by atoms with Gasteiger partial charge in [0.15, 0.2) is 11.2 Å². The molecule has 7 heteroatoms. The average Bonchev–Trinajstić information content (AvgIpc) is 3.14. The minimum atomic E-state index is -0.118.